The van der Waals surface area contributed by atoms with Crippen LogP contribution in [-0.4, -0.2) is 32.7 Å². The fraction of sp³-hybridized carbons (Fsp3) is 0.107. The molecule has 3 aromatic carbocycles. The van der Waals surface area contributed by atoms with Crippen molar-refractivity contribution in [1.29, 1.82) is 0 Å². The second-order valence-electron chi connectivity index (χ2n) is 8.20. The summed E-state index contributed by atoms with van der Waals surface area (Å²) in [5.74, 6) is -0.0562. The Morgan fingerprint density at radius 3 is 2.24 bits per heavy atom. The molecule has 2 N–H and O–H groups in total. The number of benzene rings is 3. The van der Waals surface area contributed by atoms with E-state index in [0.717, 1.165) is 15.4 Å². The fourth-order valence-electron chi connectivity index (χ4n) is 3.62. The lowest BCUT2D eigenvalue weighted by Gasteiger charge is -2.23. The Morgan fingerprint density at radius 1 is 0.947 bits per heavy atom. The highest BCUT2D eigenvalue weighted by atomic mass is 32.2. The van der Waals surface area contributed by atoms with Crippen LogP contribution >= 0.6 is 0 Å². The third-order valence-electron chi connectivity index (χ3n) is 5.57. The Bertz CT molecular complexity index is 1440. The summed E-state index contributed by atoms with van der Waals surface area (Å²) < 4.78 is 34.3. The molecule has 1 atom stereocenters. The summed E-state index contributed by atoms with van der Waals surface area (Å²) in [5, 5.41) is 2.84. The Kier molecular flexibility index (Phi) is 8.47. The minimum absolute atomic E-state index is 0.0587. The van der Waals surface area contributed by atoms with E-state index in [4.69, 9.17) is 9.47 Å². The summed E-state index contributed by atoms with van der Waals surface area (Å²) in [7, 11) is 1.23. The van der Waals surface area contributed by atoms with Crippen LogP contribution in [0.25, 0.3) is 0 Å². The minimum atomic E-state index is -2.45. The first kappa shape index (κ1) is 26.5. The van der Waals surface area contributed by atoms with Gasteiger partial charge in [0.25, 0.3) is 17.2 Å². The van der Waals surface area contributed by atoms with E-state index in [9.17, 15) is 18.4 Å². The molecule has 0 spiro atoms. The van der Waals surface area contributed by atoms with Gasteiger partial charge in [-0.3, -0.25) is 14.3 Å². The lowest BCUT2D eigenvalue weighted by molar-refractivity contribution is 0.0601. The van der Waals surface area contributed by atoms with Crippen molar-refractivity contribution < 1.29 is 27.8 Å². The van der Waals surface area contributed by atoms with Crippen LogP contribution in [0.2, 0.25) is 0 Å². The molecule has 0 saturated carbocycles. The number of nitrogens with one attached hydrogen (secondary N) is 1. The van der Waals surface area contributed by atoms with Crippen LogP contribution in [-0.2, 0) is 22.5 Å². The first-order valence-electron chi connectivity index (χ1n) is 11.5. The second kappa shape index (κ2) is 12.1. The maximum Gasteiger partial charge on any atom is 0.340 e. The van der Waals surface area contributed by atoms with Crippen LogP contribution in [0.3, 0.4) is 0 Å². The number of ether oxygens (including phenoxy) is 2. The SMILES string of the molecule is COC(=O)c1cc(Oc2ccc(CNC(=O)c3ccncc3)cc2)ccc1N(c1ccc(C)cc1)S(=O)O. The van der Waals surface area contributed by atoms with Crippen molar-refractivity contribution >= 4 is 34.5 Å². The number of aryl methyl sites for hydroxylation is 1. The lowest BCUT2D eigenvalue weighted by atomic mass is 10.1. The summed E-state index contributed by atoms with van der Waals surface area (Å²) in [6.45, 7) is 2.23. The molecule has 0 saturated heterocycles. The van der Waals surface area contributed by atoms with Gasteiger partial charge < -0.3 is 14.8 Å². The van der Waals surface area contributed by atoms with E-state index in [2.05, 4.69) is 10.3 Å². The third kappa shape index (κ3) is 6.41. The van der Waals surface area contributed by atoms with Crippen LogP contribution < -0.4 is 14.4 Å². The van der Waals surface area contributed by atoms with Gasteiger partial charge in [-0.15, -0.1) is 0 Å². The van der Waals surface area contributed by atoms with Crippen LogP contribution in [0, 0.1) is 6.92 Å². The summed E-state index contributed by atoms with van der Waals surface area (Å²) in [4.78, 5) is 28.7. The molecule has 0 aliphatic rings. The van der Waals surface area contributed by atoms with E-state index in [-0.39, 0.29) is 17.2 Å². The average molecular weight is 532 g/mol. The molecule has 0 bridgehead atoms. The van der Waals surface area contributed by atoms with Gasteiger partial charge >= 0.3 is 5.97 Å². The molecule has 1 heterocycles. The molecule has 38 heavy (non-hydrogen) atoms. The first-order chi connectivity index (χ1) is 18.4. The van der Waals surface area contributed by atoms with Crippen LogP contribution in [0.5, 0.6) is 11.5 Å². The largest absolute Gasteiger partial charge is 0.465 e. The Morgan fingerprint density at radius 2 is 1.61 bits per heavy atom. The van der Waals surface area contributed by atoms with Crippen LogP contribution in [0.1, 0.15) is 31.8 Å². The topological polar surface area (TPSA) is 118 Å². The van der Waals surface area contributed by atoms with Crippen molar-refractivity contribution in [1.82, 2.24) is 10.3 Å². The molecular weight excluding hydrogens is 506 g/mol. The molecule has 0 fully saturated rings. The molecule has 1 unspecified atom stereocenters. The molecule has 1 amide bonds. The van der Waals surface area contributed by atoms with Gasteiger partial charge in [0.1, 0.15) is 11.5 Å². The summed E-state index contributed by atoms with van der Waals surface area (Å²) in [6, 6.07) is 21.9. The van der Waals surface area contributed by atoms with Crippen molar-refractivity contribution in [2.24, 2.45) is 0 Å². The first-order valence-corrected chi connectivity index (χ1v) is 12.6. The number of pyridine rings is 1. The Balaban J connectivity index is 1.51. The van der Waals surface area contributed by atoms with Crippen molar-refractivity contribution in [2.75, 3.05) is 11.4 Å². The highest BCUT2D eigenvalue weighted by Crippen LogP contribution is 2.34. The molecule has 0 radical (unpaired) electrons. The highest BCUT2D eigenvalue weighted by Gasteiger charge is 2.23. The molecular formula is C28H25N3O6S. The predicted molar refractivity (Wildman–Crippen MR) is 144 cm³/mol. The normalized spacial score (nSPS) is 11.3. The molecule has 194 valence electrons. The standard InChI is InChI=1S/C28H25N3O6S/c1-19-3-7-22(8-4-19)31(38(34)35)26-12-11-24(17-25(26)28(33)36-2)37-23-9-5-20(6-10-23)18-30-27(32)21-13-15-29-16-14-21/h3-17H,18H2,1-2H3,(H,30,32)(H,34,35). The summed E-state index contributed by atoms with van der Waals surface area (Å²) in [5.41, 5.74) is 3.05. The zero-order valence-corrected chi connectivity index (χ0v) is 21.5. The highest BCUT2D eigenvalue weighted by molar-refractivity contribution is 7.81. The smallest absolute Gasteiger partial charge is 0.340 e. The zero-order chi connectivity index (χ0) is 27.1. The number of esters is 1. The fourth-order valence-corrected chi connectivity index (χ4v) is 4.25. The maximum atomic E-state index is 12.6. The quantitative estimate of drug-likeness (QED) is 0.226. The molecule has 1 aromatic heterocycles. The number of hydrogen-bond donors (Lipinski definition) is 2. The molecule has 10 heteroatoms. The van der Waals surface area contributed by atoms with Crippen molar-refractivity contribution in [3.8, 4) is 11.5 Å². The number of anilines is 2. The van der Waals surface area contributed by atoms with E-state index in [0.29, 0.717) is 29.3 Å². The van der Waals surface area contributed by atoms with E-state index in [1.807, 2.05) is 19.1 Å². The molecule has 4 aromatic rings. The minimum Gasteiger partial charge on any atom is -0.465 e. The Hall–Kier alpha value is -4.54. The third-order valence-corrected chi connectivity index (χ3v) is 6.29. The van der Waals surface area contributed by atoms with Gasteiger partial charge in [-0.05, 0) is 67.1 Å². The lowest BCUT2D eigenvalue weighted by Crippen LogP contribution is -2.22. The molecule has 9 nitrogen and oxygen atoms in total. The predicted octanol–water partition coefficient (Wildman–Crippen LogP) is 5.17. The number of aromatic nitrogens is 1. The number of carbonyl (C=O) groups excluding carboxylic acids is 2. The molecule has 0 aliphatic heterocycles. The summed E-state index contributed by atoms with van der Waals surface area (Å²) in [6.07, 6.45) is 3.12. The molecule has 0 aliphatic carbocycles. The van der Waals surface area contributed by atoms with Crippen LogP contribution in [0.4, 0.5) is 11.4 Å². The number of rotatable bonds is 9. The van der Waals surface area contributed by atoms with Gasteiger partial charge in [0, 0.05) is 24.5 Å². The van der Waals surface area contributed by atoms with E-state index < -0.39 is 17.2 Å². The monoisotopic (exact) mass is 531 g/mol. The zero-order valence-electron chi connectivity index (χ0n) is 20.7. The van der Waals surface area contributed by atoms with Crippen molar-refractivity contribution in [3.63, 3.8) is 0 Å². The van der Waals surface area contributed by atoms with Crippen molar-refractivity contribution in [2.45, 2.75) is 13.5 Å². The second-order valence-corrected chi connectivity index (χ2v) is 9.02. The number of hydrogen-bond acceptors (Lipinski definition) is 6. The number of amides is 1. The number of nitrogens with zero attached hydrogens (tertiary/aromatic N) is 2. The van der Waals surface area contributed by atoms with E-state index in [1.54, 1.807) is 67.0 Å². The van der Waals surface area contributed by atoms with Crippen LogP contribution in [0.15, 0.2) is 91.3 Å². The average Bonchev–Trinajstić information content (AvgIpc) is 2.94. The van der Waals surface area contributed by atoms with Gasteiger partial charge in [0.2, 0.25) is 0 Å². The van der Waals surface area contributed by atoms with Gasteiger partial charge in [0.15, 0.2) is 0 Å². The van der Waals surface area contributed by atoms with Gasteiger partial charge in [-0.1, -0.05) is 29.8 Å². The maximum absolute atomic E-state index is 12.6. The van der Waals surface area contributed by atoms with E-state index >= 15 is 0 Å². The molecule has 4 rings (SSSR count). The van der Waals surface area contributed by atoms with E-state index in [1.165, 1.54) is 19.2 Å². The van der Waals surface area contributed by atoms with Gasteiger partial charge in [-0.2, -0.15) is 0 Å². The summed E-state index contributed by atoms with van der Waals surface area (Å²) >= 11 is -2.45. The van der Waals surface area contributed by atoms with Gasteiger partial charge in [-0.25, -0.2) is 13.3 Å². The number of carbonyl (C=O) groups is 2. The Labute approximate surface area is 222 Å². The van der Waals surface area contributed by atoms with Gasteiger partial charge in [0.05, 0.1) is 24.0 Å². The number of methoxy groups -OCH3 is 1. The van der Waals surface area contributed by atoms with Crippen molar-refractivity contribution in [3.05, 3.63) is 114 Å².